The first kappa shape index (κ1) is 14.9. The van der Waals surface area contributed by atoms with E-state index in [9.17, 15) is 0 Å². The van der Waals surface area contributed by atoms with Gasteiger partial charge >= 0.3 is 0 Å². The normalized spacial score (nSPS) is 23.6. The van der Waals surface area contributed by atoms with E-state index >= 15 is 0 Å². The van der Waals surface area contributed by atoms with E-state index in [1.165, 1.54) is 25.0 Å². The summed E-state index contributed by atoms with van der Waals surface area (Å²) in [5, 5.41) is 12.1. The molecule has 0 saturated heterocycles. The molecule has 0 N–H and O–H groups in total. The lowest BCUT2D eigenvalue weighted by atomic mass is 10.3. The van der Waals surface area contributed by atoms with Gasteiger partial charge in [0, 0.05) is 18.5 Å². The van der Waals surface area contributed by atoms with Gasteiger partial charge in [-0.1, -0.05) is 13.8 Å². The Morgan fingerprint density at radius 2 is 2.13 bits per heavy atom. The Labute approximate surface area is 136 Å². The highest BCUT2D eigenvalue weighted by molar-refractivity contribution is 5.17. The molecule has 23 heavy (non-hydrogen) atoms. The second-order valence-electron chi connectivity index (χ2n) is 7.08. The highest BCUT2D eigenvalue weighted by Crippen LogP contribution is 2.47. The molecular formula is C17H25N5O. The Morgan fingerprint density at radius 3 is 2.83 bits per heavy atom. The molecule has 2 saturated carbocycles. The van der Waals surface area contributed by atoms with E-state index < -0.39 is 0 Å². The number of aromatic nitrogens is 4. The summed E-state index contributed by atoms with van der Waals surface area (Å²) < 4.78 is 8.01. The molecule has 0 aliphatic heterocycles. The van der Waals surface area contributed by atoms with Crippen LogP contribution in [0.1, 0.15) is 62.8 Å². The Balaban J connectivity index is 1.43. The molecular weight excluding hydrogens is 290 g/mol. The number of hydrogen-bond donors (Lipinski definition) is 0. The first-order valence-corrected chi connectivity index (χ1v) is 8.82. The fraction of sp³-hybridized carbons (Fsp3) is 0.706. The Hall–Kier alpha value is -1.69. The van der Waals surface area contributed by atoms with Gasteiger partial charge < -0.3 is 4.42 Å². The monoisotopic (exact) mass is 315 g/mol. The van der Waals surface area contributed by atoms with Crippen LogP contribution in [0.2, 0.25) is 0 Å². The van der Waals surface area contributed by atoms with Crippen molar-refractivity contribution in [1.82, 2.24) is 25.1 Å². The third-order valence-corrected chi connectivity index (χ3v) is 4.97. The van der Waals surface area contributed by atoms with Gasteiger partial charge in [0.1, 0.15) is 11.5 Å². The zero-order chi connectivity index (χ0) is 15.8. The van der Waals surface area contributed by atoms with Gasteiger partial charge in [0.25, 0.3) is 0 Å². The summed E-state index contributed by atoms with van der Waals surface area (Å²) >= 11 is 0. The van der Waals surface area contributed by atoms with Crippen molar-refractivity contribution in [3.8, 4) is 0 Å². The molecule has 0 amide bonds. The lowest BCUT2D eigenvalue weighted by Gasteiger charge is -2.20. The van der Waals surface area contributed by atoms with E-state index in [2.05, 4.69) is 46.4 Å². The average Bonchev–Trinajstić information content (AvgIpc) is 3.42. The Morgan fingerprint density at radius 1 is 1.30 bits per heavy atom. The molecule has 2 aliphatic carbocycles. The topological polar surface area (TPSA) is 60.0 Å². The number of nitrogens with zero attached hydrogens (tertiary/aromatic N) is 5. The molecule has 0 bridgehead atoms. The zero-order valence-corrected chi connectivity index (χ0v) is 14.0. The van der Waals surface area contributed by atoms with E-state index in [0.29, 0.717) is 12.0 Å². The van der Waals surface area contributed by atoms with Crippen LogP contribution >= 0.6 is 0 Å². The van der Waals surface area contributed by atoms with Crippen LogP contribution in [0.15, 0.2) is 16.5 Å². The van der Waals surface area contributed by atoms with Crippen molar-refractivity contribution >= 4 is 0 Å². The van der Waals surface area contributed by atoms with Gasteiger partial charge in [0.05, 0.1) is 13.1 Å². The minimum atomic E-state index is 0.648. The number of tetrazole rings is 1. The summed E-state index contributed by atoms with van der Waals surface area (Å²) in [5.41, 5.74) is 0. The number of hydrogen-bond acceptors (Lipinski definition) is 5. The SMILES string of the molecule is CCCn1nnnc1CN(Cc1ccc([C@H]2C[C@@H]2C)o1)C1CC1. The highest BCUT2D eigenvalue weighted by Gasteiger charge is 2.37. The molecule has 2 aromatic heterocycles. The molecule has 0 unspecified atom stereocenters. The second-order valence-corrected chi connectivity index (χ2v) is 7.08. The highest BCUT2D eigenvalue weighted by atomic mass is 16.3. The van der Waals surface area contributed by atoms with Crippen LogP contribution < -0.4 is 0 Å². The van der Waals surface area contributed by atoms with Crippen molar-refractivity contribution in [1.29, 1.82) is 0 Å². The second kappa shape index (κ2) is 6.07. The molecule has 0 spiro atoms. The van der Waals surface area contributed by atoms with E-state index in [1.54, 1.807) is 0 Å². The molecule has 0 radical (unpaired) electrons. The smallest absolute Gasteiger partial charge is 0.165 e. The predicted molar refractivity (Wildman–Crippen MR) is 85.6 cm³/mol. The molecule has 6 nitrogen and oxygen atoms in total. The van der Waals surface area contributed by atoms with Crippen LogP contribution in [0.3, 0.4) is 0 Å². The molecule has 2 aliphatic rings. The van der Waals surface area contributed by atoms with Gasteiger partial charge in [0.15, 0.2) is 5.82 Å². The third kappa shape index (κ3) is 3.32. The maximum absolute atomic E-state index is 6.08. The zero-order valence-electron chi connectivity index (χ0n) is 14.0. The van der Waals surface area contributed by atoms with Crippen molar-refractivity contribution in [2.24, 2.45) is 5.92 Å². The van der Waals surface area contributed by atoms with Gasteiger partial charge in [-0.05, 0) is 54.2 Å². The van der Waals surface area contributed by atoms with Crippen LogP contribution in [0, 0.1) is 5.92 Å². The number of aryl methyl sites for hydroxylation is 1. The van der Waals surface area contributed by atoms with Gasteiger partial charge in [-0.3, -0.25) is 4.90 Å². The molecule has 2 fully saturated rings. The summed E-state index contributed by atoms with van der Waals surface area (Å²) in [7, 11) is 0. The van der Waals surface area contributed by atoms with Crippen LogP contribution in [0.5, 0.6) is 0 Å². The van der Waals surface area contributed by atoms with E-state index in [1.807, 2.05) is 4.68 Å². The Kier molecular flexibility index (Phi) is 3.93. The maximum atomic E-state index is 6.08. The standard InChI is InChI=1S/C17H25N5O/c1-3-8-22-17(18-19-20-22)11-21(13-4-5-13)10-14-6-7-16(23-14)15-9-12(15)2/h6-7,12-13,15H,3-5,8-11H2,1-2H3/t12-,15-/m0/s1. The van der Waals surface area contributed by atoms with E-state index in [0.717, 1.165) is 43.6 Å². The van der Waals surface area contributed by atoms with E-state index in [4.69, 9.17) is 4.42 Å². The van der Waals surface area contributed by atoms with Crippen molar-refractivity contribution < 1.29 is 4.42 Å². The molecule has 124 valence electrons. The van der Waals surface area contributed by atoms with Crippen molar-refractivity contribution in [2.75, 3.05) is 0 Å². The molecule has 4 rings (SSSR count). The van der Waals surface area contributed by atoms with Gasteiger partial charge in [-0.2, -0.15) is 0 Å². The van der Waals surface area contributed by atoms with Gasteiger partial charge in [0.2, 0.25) is 0 Å². The van der Waals surface area contributed by atoms with Crippen LogP contribution in [0.25, 0.3) is 0 Å². The molecule has 6 heteroatoms. The summed E-state index contributed by atoms with van der Waals surface area (Å²) in [6.07, 6.45) is 4.85. The largest absolute Gasteiger partial charge is 0.464 e. The van der Waals surface area contributed by atoms with Crippen molar-refractivity contribution in [2.45, 2.75) is 71.1 Å². The van der Waals surface area contributed by atoms with Crippen molar-refractivity contribution in [3.05, 3.63) is 29.5 Å². The minimum absolute atomic E-state index is 0.648. The van der Waals surface area contributed by atoms with Crippen LogP contribution in [-0.2, 0) is 19.6 Å². The van der Waals surface area contributed by atoms with Gasteiger partial charge in [-0.15, -0.1) is 5.10 Å². The van der Waals surface area contributed by atoms with Crippen molar-refractivity contribution in [3.63, 3.8) is 0 Å². The molecule has 2 heterocycles. The summed E-state index contributed by atoms with van der Waals surface area (Å²) in [5.74, 6) is 4.63. The quantitative estimate of drug-likeness (QED) is 0.749. The third-order valence-electron chi connectivity index (χ3n) is 4.97. The first-order valence-electron chi connectivity index (χ1n) is 8.82. The fourth-order valence-electron chi connectivity index (χ4n) is 3.25. The molecule has 2 aromatic rings. The Bertz CT molecular complexity index is 659. The van der Waals surface area contributed by atoms with Crippen LogP contribution in [0.4, 0.5) is 0 Å². The minimum Gasteiger partial charge on any atom is -0.464 e. The van der Waals surface area contributed by atoms with Crippen LogP contribution in [-0.4, -0.2) is 31.1 Å². The fourth-order valence-corrected chi connectivity index (χ4v) is 3.25. The average molecular weight is 315 g/mol. The molecule has 2 atom stereocenters. The molecule has 0 aromatic carbocycles. The lowest BCUT2D eigenvalue weighted by molar-refractivity contribution is 0.213. The summed E-state index contributed by atoms with van der Waals surface area (Å²) in [4.78, 5) is 2.46. The summed E-state index contributed by atoms with van der Waals surface area (Å²) in [6.45, 7) is 6.97. The van der Waals surface area contributed by atoms with Gasteiger partial charge in [-0.25, -0.2) is 4.68 Å². The number of furan rings is 1. The number of rotatable bonds is 8. The lowest BCUT2D eigenvalue weighted by Crippen LogP contribution is -2.27. The maximum Gasteiger partial charge on any atom is 0.165 e. The summed E-state index contributed by atoms with van der Waals surface area (Å²) in [6, 6.07) is 4.95. The predicted octanol–water partition coefficient (Wildman–Crippen LogP) is 2.96. The first-order chi connectivity index (χ1) is 11.2. The van der Waals surface area contributed by atoms with E-state index in [-0.39, 0.29) is 0 Å².